The Morgan fingerprint density at radius 2 is 1.80 bits per heavy atom. The van der Waals surface area contributed by atoms with E-state index in [9.17, 15) is 18.0 Å². The van der Waals surface area contributed by atoms with Gasteiger partial charge in [0.15, 0.2) is 0 Å². The average molecular weight is 555 g/mol. The number of hydrogen-bond acceptors (Lipinski definition) is 4. The number of oxime groups is 1. The van der Waals surface area contributed by atoms with Gasteiger partial charge in [-0.3, -0.25) is 4.79 Å². The first-order valence-electron chi connectivity index (χ1n) is 11.7. The fourth-order valence-corrected chi connectivity index (χ4v) is 4.49. The van der Waals surface area contributed by atoms with E-state index >= 15 is 0 Å². The summed E-state index contributed by atoms with van der Waals surface area (Å²) in [5.74, 6) is -0.957. The van der Waals surface area contributed by atoms with Crippen LogP contribution in [0.5, 0.6) is 0 Å². The number of alkyl halides is 4. The minimum atomic E-state index is -4.40. The van der Waals surface area contributed by atoms with Crippen LogP contribution < -0.4 is 5.32 Å². The molecule has 0 spiro atoms. The average Bonchev–Trinajstić information content (AvgIpc) is 2.84. The van der Waals surface area contributed by atoms with E-state index < -0.39 is 22.5 Å². The van der Waals surface area contributed by atoms with Crippen molar-refractivity contribution in [1.29, 1.82) is 0 Å². The van der Waals surface area contributed by atoms with Crippen molar-refractivity contribution in [3.8, 4) is 0 Å². The second kappa shape index (κ2) is 12.5. The van der Waals surface area contributed by atoms with Crippen molar-refractivity contribution in [1.82, 2.24) is 5.32 Å². The third-order valence-electron chi connectivity index (χ3n) is 6.19. The second-order valence-corrected chi connectivity index (χ2v) is 9.94. The smallest absolute Gasteiger partial charge is 0.416 e. The maximum Gasteiger partial charge on any atom is 0.416 e. The third kappa shape index (κ3) is 8.07. The number of carbonyl (C=O) groups is 1. The number of rotatable bonds is 10. The molecule has 0 saturated heterocycles. The van der Waals surface area contributed by atoms with Gasteiger partial charge in [-0.05, 0) is 54.0 Å². The Morgan fingerprint density at radius 1 is 1.14 bits per heavy atom. The van der Waals surface area contributed by atoms with Crippen LogP contribution in [-0.2, 0) is 29.0 Å². The van der Waals surface area contributed by atoms with Crippen molar-refractivity contribution >= 4 is 27.6 Å². The zero-order valence-corrected chi connectivity index (χ0v) is 21.2. The topological polar surface area (TPSA) is 70.9 Å². The number of aliphatic carboxylic acids is 1. The normalized spacial score (nSPS) is 16.2. The highest BCUT2D eigenvalue weighted by Gasteiger charge is 2.35. The molecule has 0 amide bonds. The van der Waals surface area contributed by atoms with Gasteiger partial charge in [-0.1, -0.05) is 76.7 Å². The summed E-state index contributed by atoms with van der Waals surface area (Å²) in [7, 11) is 0. The van der Waals surface area contributed by atoms with E-state index in [-0.39, 0.29) is 12.5 Å². The Bertz CT molecular complexity index is 1020. The number of nitrogens with zero attached hydrogens (tertiary/aromatic N) is 1. The lowest BCUT2D eigenvalue weighted by molar-refractivity contribution is -0.138. The highest BCUT2D eigenvalue weighted by atomic mass is 79.9. The van der Waals surface area contributed by atoms with Gasteiger partial charge in [0.2, 0.25) is 0 Å². The lowest BCUT2D eigenvalue weighted by Gasteiger charge is -2.25. The lowest BCUT2D eigenvalue weighted by Crippen LogP contribution is -2.28. The standard InChI is InChI=1S/C26H30BrF3N2O3/c1-17(20-10-7-18(8-11-20)14-31-15-24(27)25(33)34)32-35-16-19-9-12-22(21-5-3-2-4-6-21)23(13-19)26(28,29)30/h7-13,21,24,31H,2-6,14-16H2,1H3,(H,33,34)/b32-17-. The van der Waals surface area contributed by atoms with Gasteiger partial charge in [0.1, 0.15) is 11.4 Å². The minimum absolute atomic E-state index is 0.0353. The van der Waals surface area contributed by atoms with E-state index in [2.05, 4.69) is 26.4 Å². The molecule has 0 bridgehead atoms. The number of benzene rings is 2. The SMILES string of the molecule is C/C(=N/OCc1ccc(C2CCCCC2)c(C(F)(F)F)c1)c1ccc(CNCC(Br)C(=O)O)cc1. The molecule has 1 unspecified atom stereocenters. The summed E-state index contributed by atoms with van der Waals surface area (Å²) in [5, 5.41) is 16.0. The predicted octanol–water partition coefficient (Wildman–Crippen LogP) is 6.63. The zero-order valence-electron chi connectivity index (χ0n) is 19.6. The fourth-order valence-electron chi connectivity index (χ4n) is 4.26. The van der Waals surface area contributed by atoms with E-state index in [0.29, 0.717) is 29.9 Å². The van der Waals surface area contributed by atoms with Crippen LogP contribution in [0.2, 0.25) is 0 Å². The molecule has 1 atom stereocenters. The molecule has 0 aromatic heterocycles. The Balaban J connectivity index is 1.58. The largest absolute Gasteiger partial charge is 0.480 e. The van der Waals surface area contributed by atoms with Gasteiger partial charge in [0.05, 0.1) is 11.3 Å². The van der Waals surface area contributed by atoms with Crippen LogP contribution in [0.4, 0.5) is 13.2 Å². The van der Waals surface area contributed by atoms with Gasteiger partial charge in [-0.15, -0.1) is 0 Å². The summed E-state index contributed by atoms with van der Waals surface area (Å²) in [6, 6.07) is 12.0. The van der Waals surface area contributed by atoms with Crippen LogP contribution in [0.1, 0.15) is 72.8 Å². The highest BCUT2D eigenvalue weighted by Crippen LogP contribution is 2.41. The first-order chi connectivity index (χ1) is 16.6. The molecule has 35 heavy (non-hydrogen) atoms. The summed E-state index contributed by atoms with van der Waals surface area (Å²) in [6.45, 7) is 2.53. The van der Waals surface area contributed by atoms with Gasteiger partial charge in [0.25, 0.3) is 0 Å². The molecule has 1 saturated carbocycles. The van der Waals surface area contributed by atoms with Crippen molar-refractivity contribution in [3.05, 3.63) is 70.3 Å². The molecule has 1 fully saturated rings. The molecule has 5 nitrogen and oxygen atoms in total. The molecule has 1 aliphatic carbocycles. The maximum atomic E-state index is 13.7. The molecule has 1 aliphatic rings. The van der Waals surface area contributed by atoms with Gasteiger partial charge < -0.3 is 15.3 Å². The third-order valence-corrected chi connectivity index (χ3v) is 6.91. The molecule has 2 N–H and O–H groups in total. The number of carboxylic acids is 1. The Hall–Kier alpha value is -2.39. The van der Waals surface area contributed by atoms with E-state index in [4.69, 9.17) is 9.94 Å². The van der Waals surface area contributed by atoms with Gasteiger partial charge in [-0.25, -0.2) is 0 Å². The van der Waals surface area contributed by atoms with Crippen molar-refractivity contribution in [2.24, 2.45) is 5.16 Å². The zero-order chi connectivity index (χ0) is 25.4. The highest BCUT2D eigenvalue weighted by molar-refractivity contribution is 9.10. The van der Waals surface area contributed by atoms with E-state index in [1.807, 2.05) is 24.3 Å². The summed E-state index contributed by atoms with van der Waals surface area (Å²) in [5.41, 5.74) is 2.66. The first kappa shape index (κ1) is 27.2. The molecule has 190 valence electrons. The fraction of sp³-hybridized carbons (Fsp3) is 0.462. The van der Waals surface area contributed by atoms with Gasteiger partial charge in [-0.2, -0.15) is 13.2 Å². The van der Waals surface area contributed by atoms with E-state index in [1.165, 1.54) is 6.07 Å². The molecular formula is C26H30BrF3N2O3. The van der Waals surface area contributed by atoms with Crippen LogP contribution in [-0.4, -0.2) is 28.2 Å². The second-order valence-electron chi connectivity index (χ2n) is 8.84. The summed E-state index contributed by atoms with van der Waals surface area (Å²) in [6.07, 6.45) is 0.237. The Kier molecular flexibility index (Phi) is 9.74. The molecule has 9 heteroatoms. The first-order valence-corrected chi connectivity index (χ1v) is 12.6. The molecule has 3 rings (SSSR count). The summed E-state index contributed by atoms with van der Waals surface area (Å²) >= 11 is 3.08. The number of nitrogens with one attached hydrogen (secondary N) is 1. The van der Waals surface area contributed by atoms with Crippen LogP contribution in [0.3, 0.4) is 0 Å². The molecular weight excluding hydrogens is 525 g/mol. The lowest BCUT2D eigenvalue weighted by atomic mass is 9.81. The Morgan fingerprint density at radius 3 is 2.43 bits per heavy atom. The summed E-state index contributed by atoms with van der Waals surface area (Å²) in [4.78, 5) is 15.5. The maximum absolute atomic E-state index is 13.7. The predicted molar refractivity (Wildman–Crippen MR) is 133 cm³/mol. The van der Waals surface area contributed by atoms with Crippen molar-refractivity contribution < 1.29 is 27.9 Å². The number of hydrogen-bond donors (Lipinski definition) is 2. The molecule has 0 radical (unpaired) electrons. The van der Waals surface area contributed by atoms with Crippen LogP contribution in [0, 0.1) is 0 Å². The number of halogens is 4. The van der Waals surface area contributed by atoms with Gasteiger partial charge in [0, 0.05) is 13.1 Å². The minimum Gasteiger partial charge on any atom is -0.480 e. The van der Waals surface area contributed by atoms with Crippen molar-refractivity contribution in [2.75, 3.05) is 6.54 Å². The van der Waals surface area contributed by atoms with Crippen molar-refractivity contribution in [3.63, 3.8) is 0 Å². The molecule has 2 aromatic carbocycles. The Labute approximate surface area is 211 Å². The quantitative estimate of drug-likeness (QED) is 0.196. The van der Waals surface area contributed by atoms with Gasteiger partial charge >= 0.3 is 12.1 Å². The van der Waals surface area contributed by atoms with E-state index in [0.717, 1.165) is 43.2 Å². The van der Waals surface area contributed by atoms with E-state index in [1.54, 1.807) is 19.1 Å². The number of carboxylic acid groups (broad SMARTS) is 1. The molecule has 0 heterocycles. The summed E-state index contributed by atoms with van der Waals surface area (Å²) < 4.78 is 41.2. The molecule has 0 aliphatic heterocycles. The molecule has 2 aromatic rings. The monoisotopic (exact) mass is 554 g/mol. The van der Waals surface area contributed by atoms with Crippen LogP contribution >= 0.6 is 15.9 Å². The van der Waals surface area contributed by atoms with Crippen molar-refractivity contribution in [2.45, 2.75) is 69.1 Å². The van der Waals surface area contributed by atoms with Crippen LogP contribution in [0.15, 0.2) is 47.6 Å². The van der Waals surface area contributed by atoms with Crippen LogP contribution in [0.25, 0.3) is 0 Å².